The standard InChI is InChI=1S/C19H19N5OS/c1-10-5-11(2)16(12(3)6-10)23-18(25)13(4)26-19-15(9-21)7-14(8-20)17(22)24-19/h5-7,13H,1-4H3,(H2,22,24)(H,23,25)/p+1/t13-/m1/s1. The van der Waals surface area contributed by atoms with Crippen molar-refractivity contribution in [3.63, 3.8) is 0 Å². The molecule has 1 aromatic heterocycles. The van der Waals surface area contributed by atoms with Gasteiger partial charge in [-0.3, -0.25) is 10.5 Å². The zero-order chi connectivity index (χ0) is 19.4. The summed E-state index contributed by atoms with van der Waals surface area (Å²) in [5.74, 6) is -0.00268. The minimum Gasteiger partial charge on any atom is -0.325 e. The number of pyridine rings is 1. The van der Waals surface area contributed by atoms with Crippen LogP contribution in [0.4, 0.5) is 11.5 Å². The van der Waals surface area contributed by atoms with Crippen molar-refractivity contribution in [1.82, 2.24) is 0 Å². The fourth-order valence-electron chi connectivity index (χ4n) is 2.65. The Morgan fingerprint density at radius 3 is 2.27 bits per heavy atom. The van der Waals surface area contributed by atoms with Crippen LogP contribution in [0.2, 0.25) is 0 Å². The van der Waals surface area contributed by atoms with Gasteiger partial charge in [0, 0.05) is 5.69 Å². The molecule has 0 aliphatic carbocycles. The zero-order valence-corrected chi connectivity index (χ0v) is 15.9. The third-order valence-corrected chi connectivity index (χ3v) is 5.03. The van der Waals surface area contributed by atoms with Crippen LogP contribution in [0.15, 0.2) is 23.2 Å². The summed E-state index contributed by atoms with van der Waals surface area (Å²) in [5, 5.41) is 21.2. The maximum Gasteiger partial charge on any atom is 0.289 e. The van der Waals surface area contributed by atoms with Gasteiger partial charge in [0.15, 0.2) is 5.03 Å². The van der Waals surface area contributed by atoms with Crippen LogP contribution < -0.4 is 16.0 Å². The molecule has 7 heteroatoms. The molecule has 0 bridgehead atoms. The number of benzene rings is 1. The summed E-state index contributed by atoms with van der Waals surface area (Å²) in [5.41, 5.74) is 10.2. The number of carbonyl (C=O) groups is 1. The largest absolute Gasteiger partial charge is 0.325 e. The van der Waals surface area contributed by atoms with Crippen LogP contribution in [0.1, 0.15) is 34.7 Å². The van der Waals surface area contributed by atoms with Crippen molar-refractivity contribution in [2.24, 2.45) is 0 Å². The monoisotopic (exact) mass is 366 g/mol. The first kappa shape index (κ1) is 19.3. The van der Waals surface area contributed by atoms with Crippen molar-refractivity contribution >= 4 is 29.2 Å². The average molecular weight is 366 g/mol. The summed E-state index contributed by atoms with van der Waals surface area (Å²) in [6.45, 7) is 7.67. The molecule has 0 saturated heterocycles. The summed E-state index contributed by atoms with van der Waals surface area (Å²) < 4.78 is 0. The number of amides is 1. The van der Waals surface area contributed by atoms with Crippen molar-refractivity contribution in [1.29, 1.82) is 10.5 Å². The number of nitrogens with zero attached hydrogens (tertiary/aromatic N) is 2. The van der Waals surface area contributed by atoms with E-state index < -0.39 is 5.25 Å². The number of carbonyl (C=O) groups excluding carboxylic acids is 1. The van der Waals surface area contributed by atoms with Crippen LogP contribution >= 0.6 is 11.8 Å². The fourth-order valence-corrected chi connectivity index (χ4v) is 3.57. The molecular weight excluding hydrogens is 346 g/mol. The molecule has 1 amide bonds. The molecule has 0 fully saturated rings. The first-order chi connectivity index (χ1) is 12.3. The van der Waals surface area contributed by atoms with Gasteiger partial charge in [0.1, 0.15) is 23.3 Å². The number of rotatable bonds is 4. The van der Waals surface area contributed by atoms with Crippen molar-refractivity contribution in [3.05, 3.63) is 46.0 Å². The molecule has 26 heavy (non-hydrogen) atoms. The average Bonchev–Trinajstić information content (AvgIpc) is 2.58. The van der Waals surface area contributed by atoms with Gasteiger partial charge in [0.25, 0.3) is 5.82 Å². The predicted molar refractivity (Wildman–Crippen MR) is 101 cm³/mol. The van der Waals surface area contributed by atoms with Gasteiger partial charge in [-0.2, -0.15) is 10.5 Å². The highest BCUT2D eigenvalue weighted by Gasteiger charge is 2.22. The van der Waals surface area contributed by atoms with Gasteiger partial charge >= 0.3 is 0 Å². The molecule has 0 aliphatic heterocycles. The minimum absolute atomic E-state index is 0.173. The van der Waals surface area contributed by atoms with Crippen LogP contribution in [0.3, 0.4) is 0 Å². The summed E-state index contributed by atoms with van der Waals surface area (Å²) in [6.07, 6.45) is 0. The highest BCUT2D eigenvalue weighted by atomic mass is 32.2. The highest BCUT2D eigenvalue weighted by Crippen LogP contribution is 2.27. The third-order valence-electron chi connectivity index (χ3n) is 3.90. The lowest BCUT2D eigenvalue weighted by Crippen LogP contribution is -2.26. The van der Waals surface area contributed by atoms with Crippen LogP contribution in [0, 0.1) is 43.4 Å². The number of aryl methyl sites for hydroxylation is 3. The van der Waals surface area contributed by atoms with Crippen molar-refractivity contribution in [2.45, 2.75) is 38.0 Å². The normalized spacial score (nSPS) is 11.3. The van der Waals surface area contributed by atoms with E-state index in [1.54, 1.807) is 6.92 Å². The smallest absolute Gasteiger partial charge is 0.289 e. The van der Waals surface area contributed by atoms with E-state index in [2.05, 4.69) is 10.3 Å². The van der Waals surface area contributed by atoms with E-state index in [-0.39, 0.29) is 22.9 Å². The minimum atomic E-state index is -0.467. The topological polar surface area (TPSA) is 117 Å². The van der Waals surface area contributed by atoms with Gasteiger partial charge < -0.3 is 5.32 Å². The van der Waals surface area contributed by atoms with E-state index in [9.17, 15) is 10.1 Å². The van der Waals surface area contributed by atoms with Gasteiger partial charge in [-0.15, -0.1) is 0 Å². The second-order valence-corrected chi connectivity index (χ2v) is 7.44. The number of H-pyrrole nitrogens is 1. The number of anilines is 2. The summed E-state index contributed by atoms with van der Waals surface area (Å²) in [4.78, 5) is 15.4. The SMILES string of the molecule is Cc1cc(C)c(NC(=O)[C@@H](C)Sc2[nH+]c(N)c(C#N)cc2C#N)c(C)c1. The van der Waals surface area contributed by atoms with E-state index in [4.69, 9.17) is 11.0 Å². The second kappa shape index (κ2) is 7.90. The maximum atomic E-state index is 12.6. The van der Waals surface area contributed by atoms with E-state index >= 15 is 0 Å². The first-order valence-corrected chi connectivity index (χ1v) is 8.86. The van der Waals surface area contributed by atoms with E-state index in [0.29, 0.717) is 5.03 Å². The quantitative estimate of drug-likeness (QED) is 0.807. The van der Waals surface area contributed by atoms with Gasteiger partial charge in [-0.05, 0) is 44.9 Å². The van der Waals surface area contributed by atoms with E-state index in [1.807, 2.05) is 45.0 Å². The number of nitriles is 2. The molecule has 4 N–H and O–H groups in total. The summed E-state index contributed by atoms with van der Waals surface area (Å²) in [7, 11) is 0. The Morgan fingerprint density at radius 2 is 1.73 bits per heavy atom. The molecule has 1 heterocycles. The van der Waals surface area contributed by atoms with Crippen LogP contribution in [0.5, 0.6) is 0 Å². The summed E-state index contributed by atoms with van der Waals surface area (Å²) >= 11 is 1.19. The van der Waals surface area contributed by atoms with Crippen molar-refractivity contribution in [2.75, 3.05) is 11.1 Å². The number of nitrogen functional groups attached to an aromatic ring is 1. The molecule has 0 spiro atoms. The number of hydrogen-bond acceptors (Lipinski definition) is 5. The Kier molecular flexibility index (Phi) is 5.86. The van der Waals surface area contributed by atoms with Gasteiger partial charge in [0.05, 0.1) is 5.25 Å². The van der Waals surface area contributed by atoms with Gasteiger partial charge in [-0.1, -0.05) is 29.5 Å². The molecule has 2 aromatic rings. The lowest BCUT2D eigenvalue weighted by Gasteiger charge is -2.16. The molecule has 132 valence electrons. The lowest BCUT2D eigenvalue weighted by atomic mass is 10.1. The predicted octanol–water partition coefficient (Wildman–Crippen LogP) is 2.87. The summed E-state index contributed by atoms with van der Waals surface area (Å²) in [6, 6.07) is 9.41. The number of nitrogens with two attached hydrogens (primary N) is 1. The zero-order valence-electron chi connectivity index (χ0n) is 15.1. The van der Waals surface area contributed by atoms with Crippen LogP contribution in [-0.2, 0) is 4.79 Å². The van der Waals surface area contributed by atoms with Gasteiger partial charge in [-0.25, -0.2) is 4.98 Å². The van der Waals surface area contributed by atoms with Gasteiger partial charge in [0.2, 0.25) is 5.91 Å². The second-order valence-electron chi connectivity index (χ2n) is 6.09. The Hall–Kier alpha value is -3.03. The lowest BCUT2D eigenvalue weighted by molar-refractivity contribution is -0.410. The molecule has 0 saturated carbocycles. The van der Waals surface area contributed by atoms with Crippen LogP contribution in [-0.4, -0.2) is 11.2 Å². The Labute approximate surface area is 157 Å². The number of aromatic nitrogens is 1. The first-order valence-electron chi connectivity index (χ1n) is 7.98. The molecule has 0 unspecified atom stereocenters. The Morgan fingerprint density at radius 1 is 1.15 bits per heavy atom. The Balaban J connectivity index is 2.22. The molecule has 0 radical (unpaired) electrons. The number of thioether (sulfide) groups is 1. The molecule has 0 aliphatic rings. The number of aromatic amines is 1. The maximum absolute atomic E-state index is 12.6. The molecule has 1 atom stereocenters. The van der Waals surface area contributed by atoms with E-state index in [1.165, 1.54) is 17.8 Å². The molecular formula is C19H20N5OS+. The third kappa shape index (κ3) is 4.14. The number of hydrogen-bond donors (Lipinski definition) is 2. The molecule has 6 nitrogen and oxygen atoms in total. The van der Waals surface area contributed by atoms with Crippen LogP contribution in [0.25, 0.3) is 0 Å². The molecule has 2 rings (SSSR count). The number of nitrogens with one attached hydrogen (secondary N) is 2. The Bertz CT molecular complexity index is 933. The molecule has 1 aromatic carbocycles. The van der Waals surface area contributed by atoms with Crippen molar-refractivity contribution in [3.8, 4) is 12.1 Å². The highest BCUT2D eigenvalue weighted by molar-refractivity contribution is 8.00. The van der Waals surface area contributed by atoms with E-state index in [0.717, 1.165) is 22.4 Å². The fraction of sp³-hybridized carbons (Fsp3) is 0.263. The van der Waals surface area contributed by atoms with Crippen molar-refractivity contribution < 1.29 is 9.78 Å².